The van der Waals surface area contributed by atoms with Gasteiger partial charge in [0.05, 0.1) is 24.8 Å². The van der Waals surface area contributed by atoms with Crippen LogP contribution in [-0.4, -0.2) is 48.1 Å². The maximum absolute atomic E-state index is 13.1. The largest absolute Gasteiger partial charge is 0.475 e. The third-order valence-corrected chi connectivity index (χ3v) is 5.09. The number of methoxy groups -OCH3 is 1. The van der Waals surface area contributed by atoms with Gasteiger partial charge in [0.15, 0.2) is 5.76 Å². The van der Waals surface area contributed by atoms with Crippen LogP contribution in [0.5, 0.6) is 5.88 Å². The van der Waals surface area contributed by atoms with Crippen molar-refractivity contribution >= 4 is 17.5 Å². The second-order valence-electron chi connectivity index (χ2n) is 7.11. The summed E-state index contributed by atoms with van der Waals surface area (Å²) in [6.07, 6.45) is 3.39. The molecule has 0 fully saturated rings. The molecule has 8 heteroatoms. The molecule has 8 nitrogen and oxygen atoms in total. The predicted octanol–water partition coefficient (Wildman–Crippen LogP) is 2.91. The van der Waals surface area contributed by atoms with E-state index in [9.17, 15) is 9.59 Å². The van der Waals surface area contributed by atoms with Crippen molar-refractivity contribution in [2.24, 2.45) is 0 Å². The number of anilines is 1. The fourth-order valence-electron chi connectivity index (χ4n) is 3.51. The lowest BCUT2D eigenvalue weighted by molar-refractivity contribution is -0.121. The highest BCUT2D eigenvalue weighted by molar-refractivity contribution is 6.00. The van der Waals surface area contributed by atoms with Crippen molar-refractivity contribution in [3.63, 3.8) is 0 Å². The minimum atomic E-state index is -0.676. The van der Waals surface area contributed by atoms with Crippen LogP contribution in [-0.2, 0) is 22.5 Å². The van der Waals surface area contributed by atoms with E-state index in [-0.39, 0.29) is 17.6 Å². The Morgan fingerprint density at radius 1 is 1.13 bits per heavy atom. The first-order chi connectivity index (χ1) is 15.2. The second-order valence-corrected chi connectivity index (χ2v) is 7.11. The average molecular weight is 421 g/mol. The minimum absolute atomic E-state index is 0.205. The molecule has 31 heavy (non-hydrogen) atoms. The highest BCUT2D eigenvalue weighted by Gasteiger charge is 2.36. The van der Waals surface area contributed by atoms with E-state index in [1.54, 1.807) is 36.3 Å². The van der Waals surface area contributed by atoms with E-state index in [1.165, 1.54) is 12.5 Å². The topological polar surface area (TPSA) is 93.9 Å². The highest BCUT2D eigenvalue weighted by Crippen LogP contribution is 2.26. The molecule has 2 amide bonds. The summed E-state index contributed by atoms with van der Waals surface area (Å²) in [5, 5.41) is 2.86. The molecule has 1 atom stereocenters. The van der Waals surface area contributed by atoms with Gasteiger partial charge in [-0.25, -0.2) is 4.98 Å². The Labute approximate surface area is 179 Å². The molecule has 0 saturated heterocycles. The molecule has 160 valence electrons. The van der Waals surface area contributed by atoms with Crippen molar-refractivity contribution in [1.82, 2.24) is 9.88 Å². The zero-order valence-corrected chi connectivity index (χ0v) is 17.1. The van der Waals surface area contributed by atoms with Gasteiger partial charge in [0.25, 0.3) is 5.91 Å². The standard InChI is InChI=1S/C23H23N3O5/c1-29-11-12-31-21-9-8-18(14-24-21)25-22(27)19-13-16-5-2-3-6-17(16)15-26(19)23(28)20-7-4-10-30-20/h2-10,14,19H,11-13,15H2,1H3,(H,25,27). The lowest BCUT2D eigenvalue weighted by Crippen LogP contribution is -2.50. The van der Waals surface area contributed by atoms with E-state index < -0.39 is 6.04 Å². The number of rotatable bonds is 7. The van der Waals surface area contributed by atoms with Crippen molar-refractivity contribution in [1.29, 1.82) is 0 Å². The Hall–Kier alpha value is -3.65. The Bertz CT molecular complexity index is 1030. The van der Waals surface area contributed by atoms with Gasteiger partial charge in [-0.15, -0.1) is 0 Å². The number of aromatic nitrogens is 1. The quantitative estimate of drug-likeness (QED) is 0.590. The molecule has 3 heterocycles. The lowest BCUT2D eigenvalue weighted by Gasteiger charge is -2.35. The molecule has 0 saturated carbocycles. The van der Waals surface area contributed by atoms with Crippen molar-refractivity contribution in [3.8, 4) is 5.88 Å². The first-order valence-electron chi connectivity index (χ1n) is 9.95. The smallest absolute Gasteiger partial charge is 0.290 e. The van der Waals surface area contributed by atoms with E-state index >= 15 is 0 Å². The SMILES string of the molecule is COCCOc1ccc(NC(=O)C2Cc3ccccc3CN2C(=O)c2ccco2)cn1. The van der Waals surface area contributed by atoms with E-state index in [2.05, 4.69) is 10.3 Å². The number of carbonyl (C=O) groups is 2. The van der Waals surface area contributed by atoms with Gasteiger partial charge in [-0.2, -0.15) is 0 Å². The van der Waals surface area contributed by atoms with Crippen LogP contribution >= 0.6 is 0 Å². The summed E-state index contributed by atoms with van der Waals surface area (Å²) >= 11 is 0. The van der Waals surface area contributed by atoms with Crippen LogP contribution in [0, 0.1) is 0 Å². The number of fused-ring (bicyclic) bond motifs is 1. The van der Waals surface area contributed by atoms with Gasteiger partial charge in [0, 0.05) is 26.1 Å². The normalized spacial score (nSPS) is 15.3. The summed E-state index contributed by atoms with van der Waals surface area (Å²) in [5.74, 6) is 0.0385. The number of nitrogens with one attached hydrogen (secondary N) is 1. The Kier molecular flexibility index (Phi) is 6.28. The molecule has 0 radical (unpaired) electrons. The van der Waals surface area contributed by atoms with Crippen LogP contribution in [0.15, 0.2) is 65.4 Å². The molecule has 1 N–H and O–H groups in total. The first kappa shape index (κ1) is 20.6. The fourth-order valence-corrected chi connectivity index (χ4v) is 3.51. The molecule has 1 aliphatic heterocycles. The maximum atomic E-state index is 13.1. The maximum Gasteiger partial charge on any atom is 0.290 e. The van der Waals surface area contributed by atoms with Crippen molar-refractivity contribution in [2.45, 2.75) is 19.0 Å². The van der Waals surface area contributed by atoms with Gasteiger partial charge in [0.2, 0.25) is 11.8 Å². The summed E-state index contributed by atoms with van der Waals surface area (Å²) in [5.41, 5.74) is 2.59. The first-order valence-corrected chi connectivity index (χ1v) is 9.95. The van der Waals surface area contributed by atoms with Crippen LogP contribution in [0.3, 0.4) is 0 Å². The van der Waals surface area contributed by atoms with Crippen LogP contribution in [0.4, 0.5) is 5.69 Å². The summed E-state index contributed by atoms with van der Waals surface area (Å²) in [6.45, 7) is 1.18. The Morgan fingerprint density at radius 3 is 2.68 bits per heavy atom. The van der Waals surface area contributed by atoms with E-state index in [0.717, 1.165) is 11.1 Å². The molecule has 1 aromatic carbocycles. The zero-order valence-electron chi connectivity index (χ0n) is 17.1. The molecular formula is C23H23N3O5. The van der Waals surface area contributed by atoms with E-state index in [1.807, 2.05) is 24.3 Å². The molecule has 1 unspecified atom stereocenters. The van der Waals surface area contributed by atoms with E-state index in [4.69, 9.17) is 13.9 Å². The van der Waals surface area contributed by atoms with Gasteiger partial charge >= 0.3 is 0 Å². The molecule has 3 aromatic rings. The summed E-state index contributed by atoms with van der Waals surface area (Å²) in [6, 6.07) is 13.8. The van der Waals surface area contributed by atoms with Crippen molar-refractivity contribution in [2.75, 3.05) is 25.6 Å². The number of carbonyl (C=O) groups excluding carboxylic acids is 2. The number of furan rings is 1. The second kappa shape index (κ2) is 9.44. The average Bonchev–Trinajstić information content (AvgIpc) is 3.34. The molecule has 0 bridgehead atoms. The molecule has 0 aliphatic carbocycles. The number of hydrogen-bond acceptors (Lipinski definition) is 6. The molecular weight excluding hydrogens is 398 g/mol. The predicted molar refractivity (Wildman–Crippen MR) is 113 cm³/mol. The molecule has 4 rings (SSSR count). The molecule has 1 aliphatic rings. The van der Waals surface area contributed by atoms with Crippen LogP contribution in [0.25, 0.3) is 0 Å². The monoisotopic (exact) mass is 421 g/mol. The third-order valence-electron chi connectivity index (χ3n) is 5.09. The van der Waals surface area contributed by atoms with Gasteiger partial charge in [-0.3, -0.25) is 9.59 Å². The lowest BCUT2D eigenvalue weighted by atomic mass is 9.93. The number of amides is 2. The summed E-state index contributed by atoms with van der Waals surface area (Å²) in [4.78, 5) is 31.9. The number of pyridine rings is 1. The minimum Gasteiger partial charge on any atom is -0.475 e. The zero-order chi connectivity index (χ0) is 21.6. The number of hydrogen-bond donors (Lipinski definition) is 1. The van der Waals surface area contributed by atoms with Crippen molar-refractivity contribution < 1.29 is 23.5 Å². The fraction of sp³-hybridized carbons (Fsp3) is 0.261. The summed E-state index contributed by atoms with van der Waals surface area (Å²) < 4.78 is 15.7. The van der Waals surface area contributed by atoms with Gasteiger partial charge in [-0.1, -0.05) is 24.3 Å². The molecule has 0 spiro atoms. The van der Waals surface area contributed by atoms with E-state index in [0.29, 0.717) is 37.7 Å². The molecule has 2 aromatic heterocycles. The van der Waals surface area contributed by atoms with Gasteiger partial charge in [-0.05, 0) is 29.3 Å². The number of ether oxygens (including phenoxy) is 2. The Balaban J connectivity index is 1.51. The number of nitrogens with zero attached hydrogens (tertiary/aromatic N) is 2. The Morgan fingerprint density at radius 2 is 1.97 bits per heavy atom. The third kappa shape index (κ3) is 4.75. The highest BCUT2D eigenvalue weighted by atomic mass is 16.5. The van der Waals surface area contributed by atoms with Crippen molar-refractivity contribution in [3.05, 3.63) is 77.9 Å². The van der Waals surface area contributed by atoms with Crippen LogP contribution < -0.4 is 10.1 Å². The van der Waals surface area contributed by atoms with Crippen LogP contribution in [0.2, 0.25) is 0 Å². The number of benzene rings is 1. The summed E-state index contributed by atoms with van der Waals surface area (Å²) in [7, 11) is 1.60. The van der Waals surface area contributed by atoms with Crippen LogP contribution in [0.1, 0.15) is 21.7 Å². The van der Waals surface area contributed by atoms with Gasteiger partial charge in [0.1, 0.15) is 12.6 Å². The van der Waals surface area contributed by atoms with Gasteiger partial charge < -0.3 is 24.1 Å².